The van der Waals surface area contributed by atoms with Crippen LogP contribution >= 0.6 is 0 Å². The van der Waals surface area contributed by atoms with Crippen molar-refractivity contribution in [2.45, 2.75) is 12.3 Å². The molecule has 5 rings (SSSR count). The van der Waals surface area contributed by atoms with E-state index >= 15 is 0 Å². The minimum Gasteiger partial charge on any atom is -0.480 e. The number of para-hydroxylation sites is 1. The fourth-order valence-electron chi connectivity index (χ4n) is 3.48. The Bertz CT molecular complexity index is 1140. The highest BCUT2D eigenvalue weighted by atomic mass is 16.5. The van der Waals surface area contributed by atoms with Gasteiger partial charge < -0.3 is 4.74 Å². The van der Waals surface area contributed by atoms with Gasteiger partial charge in [-0.2, -0.15) is 0 Å². The minimum absolute atomic E-state index is 0.0248. The smallest absolute Gasteiger partial charge is 0.210 e. The number of hydrogen-bond donors (Lipinski definition) is 0. The standard InChI is InChI=1S/C23H16N4O2/c28-21-18-8-4-5-9-20(18)29-22(16-6-2-1-3-7-16)19(21)14-15-10-12-17(13-11-15)23-24-26-27-25-23/h1-14,22-23H/b19-14-. The first-order valence-electron chi connectivity index (χ1n) is 9.26. The van der Waals surface area contributed by atoms with Crippen molar-refractivity contribution >= 4 is 11.9 Å². The lowest BCUT2D eigenvalue weighted by molar-refractivity contribution is 0.0963. The molecule has 2 aliphatic heterocycles. The summed E-state index contributed by atoms with van der Waals surface area (Å²) in [5, 5.41) is 15.0. The molecule has 6 heteroatoms. The molecule has 2 heterocycles. The van der Waals surface area contributed by atoms with E-state index in [1.165, 1.54) is 0 Å². The number of nitrogens with zero attached hydrogens (tertiary/aromatic N) is 4. The normalized spacial score (nSPS) is 19.4. The van der Waals surface area contributed by atoms with Gasteiger partial charge >= 0.3 is 0 Å². The Morgan fingerprint density at radius 3 is 2.21 bits per heavy atom. The first kappa shape index (κ1) is 17.2. The second-order valence-corrected chi connectivity index (χ2v) is 6.78. The zero-order valence-corrected chi connectivity index (χ0v) is 15.3. The summed E-state index contributed by atoms with van der Waals surface area (Å²) in [6.07, 6.45) is 1.04. The maximum Gasteiger partial charge on any atom is 0.210 e. The van der Waals surface area contributed by atoms with Crippen molar-refractivity contribution in [3.05, 3.63) is 107 Å². The summed E-state index contributed by atoms with van der Waals surface area (Å²) in [7, 11) is 0. The molecule has 0 saturated heterocycles. The Morgan fingerprint density at radius 2 is 1.45 bits per heavy atom. The Morgan fingerprint density at radius 1 is 0.759 bits per heavy atom. The highest BCUT2D eigenvalue weighted by molar-refractivity contribution is 6.14. The maximum absolute atomic E-state index is 13.3. The van der Waals surface area contributed by atoms with Gasteiger partial charge in [-0.15, -0.1) is 10.2 Å². The number of carbonyl (C=O) groups excluding carboxylic acids is 1. The van der Waals surface area contributed by atoms with Crippen LogP contribution in [-0.2, 0) is 0 Å². The molecule has 2 aliphatic rings. The van der Waals surface area contributed by atoms with E-state index in [1.54, 1.807) is 6.07 Å². The number of rotatable bonds is 3. The number of ketones is 1. The van der Waals surface area contributed by atoms with Crippen LogP contribution in [0, 0.1) is 0 Å². The number of Topliss-reactive ketones (excluding diaryl/α,β-unsaturated/α-hetero) is 1. The molecule has 0 radical (unpaired) electrons. The van der Waals surface area contributed by atoms with Crippen molar-refractivity contribution in [1.82, 2.24) is 0 Å². The number of hydrogen-bond acceptors (Lipinski definition) is 6. The van der Waals surface area contributed by atoms with Gasteiger partial charge in [0, 0.05) is 11.1 Å². The molecule has 140 valence electrons. The molecule has 6 nitrogen and oxygen atoms in total. The molecule has 0 amide bonds. The van der Waals surface area contributed by atoms with Crippen molar-refractivity contribution in [3.63, 3.8) is 0 Å². The summed E-state index contributed by atoms with van der Waals surface area (Å²) in [5.41, 5.74) is 3.91. The average molecular weight is 380 g/mol. The summed E-state index contributed by atoms with van der Waals surface area (Å²) in [4.78, 5) is 13.3. The average Bonchev–Trinajstić information content (AvgIpc) is 3.32. The topological polar surface area (TPSA) is 75.7 Å². The molecule has 0 saturated carbocycles. The molecule has 3 aromatic carbocycles. The summed E-state index contributed by atoms with van der Waals surface area (Å²) in [6.45, 7) is 0. The summed E-state index contributed by atoms with van der Waals surface area (Å²) < 4.78 is 6.23. The van der Waals surface area contributed by atoms with Crippen LogP contribution in [0.5, 0.6) is 5.75 Å². The van der Waals surface area contributed by atoms with Crippen LogP contribution in [0.4, 0.5) is 0 Å². The molecule has 0 fully saturated rings. The quantitative estimate of drug-likeness (QED) is 0.529. The third-order valence-electron chi connectivity index (χ3n) is 4.94. The molecule has 0 bridgehead atoms. The van der Waals surface area contributed by atoms with E-state index in [2.05, 4.69) is 20.7 Å². The van der Waals surface area contributed by atoms with Crippen LogP contribution in [0.2, 0.25) is 0 Å². The van der Waals surface area contributed by atoms with Gasteiger partial charge in [-0.05, 0) is 39.8 Å². The van der Waals surface area contributed by atoms with Gasteiger partial charge in [0.2, 0.25) is 6.17 Å². The number of benzene rings is 3. The second kappa shape index (κ2) is 7.24. The Balaban J connectivity index is 1.55. The Labute approximate surface area is 167 Å². The van der Waals surface area contributed by atoms with Crippen LogP contribution in [0.15, 0.2) is 105 Å². The van der Waals surface area contributed by atoms with Gasteiger partial charge in [0.1, 0.15) is 5.75 Å². The van der Waals surface area contributed by atoms with Gasteiger partial charge in [0.15, 0.2) is 11.9 Å². The van der Waals surface area contributed by atoms with Crippen molar-refractivity contribution in [2.24, 2.45) is 20.7 Å². The van der Waals surface area contributed by atoms with E-state index in [0.29, 0.717) is 16.9 Å². The van der Waals surface area contributed by atoms with E-state index in [1.807, 2.05) is 78.9 Å². The number of carbonyl (C=O) groups is 1. The highest BCUT2D eigenvalue weighted by Gasteiger charge is 2.32. The molecule has 1 unspecified atom stereocenters. The zero-order chi connectivity index (χ0) is 19.6. The van der Waals surface area contributed by atoms with Crippen molar-refractivity contribution in [2.75, 3.05) is 0 Å². The molecule has 29 heavy (non-hydrogen) atoms. The zero-order valence-electron chi connectivity index (χ0n) is 15.3. The molecular weight excluding hydrogens is 364 g/mol. The minimum atomic E-state index is -0.462. The van der Waals surface area contributed by atoms with Gasteiger partial charge in [0.05, 0.1) is 5.56 Å². The summed E-state index contributed by atoms with van der Waals surface area (Å²) in [6, 6.07) is 24.8. The van der Waals surface area contributed by atoms with Gasteiger partial charge in [-0.3, -0.25) is 4.79 Å². The fraction of sp³-hybridized carbons (Fsp3) is 0.0870. The third kappa shape index (κ3) is 3.25. The lowest BCUT2D eigenvalue weighted by atomic mass is 9.89. The van der Waals surface area contributed by atoms with Crippen molar-refractivity contribution < 1.29 is 9.53 Å². The second-order valence-electron chi connectivity index (χ2n) is 6.78. The van der Waals surface area contributed by atoms with Crippen LogP contribution < -0.4 is 4.74 Å². The first-order chi connectivity index (χ1) is 14.3. The first-order valence-corrected chi connectivity index (χ1v) is 9.26. The largest absolute Gasteiger partial charge is 0.480 e. The van der Waals surface area contributed by atoms with E-state index in [0.717, 1.165) is 16.7 Å². The third-order valence-corrected chi connectivity index (χ3v) is 4.94. The van der Waals surface area contributed by atoms with Crippen molar-refractivity contribution in [3.8, 4) is 5.75 Å². The van der Waals surface area contributed by atoms with E-state index in [4.69, 9.17) is 4.74 Å². The molecule has 1 atom stereocenters. The molecule has 3 aromatic rings. The Hall–Kier alpha value is -3.93. The Kier molecular flexibility index (Phi) is 4.29. The predicted octanol–water partition coefficient (Wildman–Crippen LogP) is 5.92. The summed E-state index contributed by atoms with van der Waals surface area (Å²) in [5.74, 6) is 0.582. The van der Waals surface area contributed by atoms with Gasteiger partial charge in [-0.1, -0.05) is 66.7 Å². The van der Waals surface area contributed by atoms with E-state index in [-0.39, 0.29) is 11.9 Å². The SMILES string of the molecule is O=C1/C(=C/c2ccc(C3N=NN=N3)cc2)C(c2ccccc2)Oc2ccccc21. The number of fused-ring (bicyclic) bond motifs is 1. The lowest BCUT2D eigenvalue weighted by Crippen LogP contribution is -2.23. The highest BCUT2D eigenvalue weighted by Crippen LogP contribution is 2.39. The molecule has 0 spiro atoms. The molecule has 0 aliphatic carbocycles. The van der Waals surface area contributed by atoms with Crippen LogP contribution in [0.25, 0.3) is 6.08 Å². The molecule has 0 N–H and O–H groups in total. The molecule has 0 aromatic heterocycles. The van der Waals surface area contributed by atoms with Crippen LogP contribution in [-0.4, -0.2) is 5.78 Å². The summed E-state index contributed by atoms with van der Waals surface area (Å²) >= 11 is 0. The fourth-order valence-corrected chi connectivity index (χ4v) is 3.48. The van der Waals surface area contributed by atoms with E-state index < -0.39 is 6.10 Å². The monoisotopic (exact) mass is 380 g/mol. The van der Waals surface area contributed by atoms with Gasteiger partial charge in [-0.25, -0.2) is 0 Å². The van der Waals surface area contributed by atoms with Crippen LogP contribution in [0.3, 0.4) is 0 Å². The maximum atomic E-state index is 13.3. The van der Waals surface area contributed by atoms with E-state index in [9.17, 15) is 4.79 Å². The van der Waals surface area contributed by atoms with Crippen molar-refractivity contribution in [1.29, 1.82) is 0 Å². The molecular formula is C23H16N4O2. The number of ether oxygens (including phenoxy) is 1. The van der Waals surface area contributed by atoms with Gasteiger partial charge in [0.25, 0.3) is 0 Å². The van der Waals surface area contributed by atoms with Crippen LogP contribution in [0.1, 0.15) is 39.3 Å². The lowest BCUT2D eigenvalue weighted by Gasteiger charge is -2.28. The predicted molar refractivity (Wildman–Crippen MR) is 107 cm³/mol.